The maximum atomic E-state index is 12.3. The van der Waals surface area contributed by atoms with E-state index in [1.807, 2.05) is 25.1 Å². The number of carbonyl (C=O) groups is 2. The van der Waals surface area contributed by atoms with Crippen LogP contribution in [0.25, 0.3) is 6.08 Å². The smallest absolute Gasteiger partial charge is 0.349 e. The van der Waals surface area contributed by atoms with Gasteiger partial charge in [0, 0.05) is 6.54 Å². The number of aryl methyl sites for hydroxylation is 1. The van der Waals surface area contributed by atoms with E-state index >= 15 is 0 Å². The van der Waals surface area contributed by atoms with Gasteiger partial charge in [-0.15, -0.1) is 0 Å². The molecule has 0 aromatic heterocycles. The molecule has 0 bridgehead atoms. The zero-order valence-electron chi connectivity index (χ0n) is 17.4. The Bertz CT molecular complexity index is 974. The molecule has 0 aliphatic carbocycles. The van der Waals surface area contributed by atoms with Crippen LogP contribution in [0, 0.1) is 18.3 Å². The van der Waals surface area contributed by atoms with Gasteiger partial charge in [-0.3, -0.25) is 4.79 Å². The predicted molar refractivity (Wildman–Crippen MR) is 112 cm³/mol. The van der Waals surface area contributed by atoms with Gasteiger partial charge in [-0.2, -0.15) is 5.26 Å². The first-order valence-electron chi connectivity index (χ1n) is 9.26. The Morgan fingerprint density at radius 2 is 1.77 bits per heavy atom. The van der Waals surface area contributed by atoms with Gasteiger partial charge >= 0.3 is 5.97 Å². The molecule has 7 heteroatoms. The first-order valence-corrected chi connectivity index (χ1v) is 9.26. The van der Waals surface area contributed by atoms with E-state index in [0.29, 0.717) is 17.1 Å². The fraction of sp³-hybridized carbons (Fsp3) is 0.261. The van der Waals surface area contributed by atoms with Crippen LogP contribution < -0.4 is 14.8 Å². The van der Waals surface area contributed by atoms with Gasteiger partial charge in [-0.25, -0.2) is 4.79 Å². The quantitative estimate of drug-likeness (QED) is 0.409. The van der Waals surface area contributed by atoms with Crippen LogP contribution in [-0.2, 0) is 20.9 Å². The summed E-state index contributed by atoms with van der Waals surface area (Å²) >= 11 is 0. The van der Waals surface area contributed by atoms with E-state index in [1.165, 1.54) is 27.2 Å². The number of amides is 1. The summed E-state index contributed by atoms with van der Waals surface area (Å²) in [6.45, 7) is 3.60. The Morgan fingerprint density at radius 1 is 1.10 bits per heavy atom. The van der Waals surface area contributed by atoms with E-state index in [9.17, 15) is 14.9 Å². The largest absolute Gasteiger partial charge is 0.493 e. The fourth-order valence-corrected chi connectivity index (χ4v) is 2.57. The van der Waals surface area contributed by atoms with Crippen molar-refractivity contribution in [3.8, 4) is 17.6 Å². The van der Waals surface area contributed by atoms with E-state index < -0.39 is 18.0 Å². The van der Waals surface area contributed by atoms with Crippen molar-refractivity contribution in [3.05, 3.63) is 64.7 Å². The van der Waals surface area contributed by atoms with Crippen molar-refractivity contribution in [2.75, 3.05) is 14.2 Å². The van der Waals surface area contributed by atoms with Crippen molar-refractivity contribution in [2.45, 2.75) is 26.5 Å². The van der Waals surface area contributed by atoms with Crippen molar-refractivity contribution in [1.29, 1.82) is 5.26 Å². The lowest BCUT2D eigenvalue weighted by atomic mass is 10.1. The molecule has 30 heavy (non-hydrogen) atoms. The molecular formula is C23H24N2O5. The normalized spacial score (nSPS) is 11.8. The van der Waals surface area contributed by atoms with E-state index in [2.05, 4.69) is 5.32 Å². The van der Waals surface area contributed by atoms with E-state index in [-0.39, 0.29) is 12.1 Å². The van der Waals surface area contributed by atoms with Crippen molar-refractivity contribution in [1.82, 2.24) is 5.32 Å². The predicted octanol–water partition coefficient (Wildman–Crippen LogP) is 3.17. The van der Waals surface area contributed by atoms with Gasteiger partial charge in [-0.05, 0) is 43.2 Å². The molecule has 2 aromatic carbocycles. The van der Waals surface area contributed by atoms with Gasteiger partial charge in [-0.1, -0.05) is 35.9 Å². The number of rotatable bonds is 8. The topological polar surface area (TPSA) is 97.6 Å². The molecule has 0 fully saturated rings. The molecule has 0 saturated carbocycles. The molecule has 1 N–H and O–H groups in total. The van der Waals surface area contributed by atoms with Crippen LogP contribution in [-0.4, -0.2) is 32.2 Å². The van der Waals surface area contributed by atoms with E-state index in [1.54, 1.807) is 30.3 Å². The van der Waals surface area contributed by atoms with Gasteiger partial charge in [0.1, 0.15) is 11.6 Å². The lowest BCUT2D eigenvalue weighted by molar-refractivity contribution is -0.150. The Balaban J connectivity index is 1.96. The number of nitrogens with one attached hydrogen (secondary N) is 1. The van der Waals surface area contributed by atoms with Crippen LogP contribution in [0.15, 0.2) is 48.0 Å². The molecule has 1 amide bonds. The zero-order chi connectivity index (χ0) is 22.1. The summed E-state index contributed by atoms with van der Waals surface area (Å²) in [5.74, 6) is -0.208. The molecule has 2 aromatic rings. The fourth-order valence-electron chi connectivity index (χ4n) is 2.57. The number of hydrogen-bond acceptors (Lipinski definition) is 6. The minimum atomic E-state index is -1.06. The average Bonchev–Trinajstić information content (AvgIpc) is 2.76. The summed E-state index contributed by atoms with van der Waals surface area (Å²) in [5, 5.41) is 12.0. The Hall–Kier alpha value is -3.79. The number of esters is 1. The molecule has 156 valence electrons. The minimum Gasteiger partial charge on any atom is -0.493 e. The monoisotopic (exact) mass is 408 g/mol. The van der Waals surface area contributed by atoms with Gasteiger partial charge in [0.25, 0.3) is 5.91 Å². The number of carbonyl (C=O) groups excluding carboxylic acids is 2. The summed E-state index contributed by atoms with van der Waals surface area (Å²) in [6, 6.07) is 14.4. The SMILES string of the molecule is COc1ccc(CNC(=O)[C@H](C)OC(=O)/C(C#N)=C/c2ccc(C)cc2)cc1OC. The molecule has 0 aliphatic heterocycles. The average molecular weight is 408 g/mol. The maximum absolute atomic E-state index is 12.3. The Kier molecular flexibility index (Phi) is 8.00. The van der Waals surface area contributed by atoms with Crippen LogP contribution in [0.4, 0.5) is 0 Å². The number of methoxy groups -OCH3 is 2. The number of nitrogens with zero attached hydrogens (tertiary/aromatic N) is 1. The van der Waals surface area contributed by atoms with Crippen molar-refractivity contribution < 1.29 is 23.8 Å². The molecule has 0 aliphatic rings. The maximum Gasteiger partial charge on any atom is 0.349 e. The molecule has 0 unspecified atom stereocenters. The van der Waals surface area contributed by atoms with Gasteiger partial charge in [0.05, 0.1) is 14.2 Å². The Labute approximate surface area is 175 Å². The zero-order valence-corrected chi connectivity index (χ0v) is 17.4. The van der Waals surface area contributed by atoms with Crippen LogP contribution >= 0.6 is 0 Å². The van der Waals surface area contributed by atoms with Crippen LogP contribution in [0.2, 0.25) is 0 Å². The van der Waals surface area contributed by atoms with Crippen LogP contribution in [0.1, 0.15) is 23.6 Å². The summed E-state index contributed by atoms with van der Waals surface area (Å²) in [4.78, 5) is 24.6. The van der Waals surface area contributed by atoms with E-state index in [4.69, 9.17) is 14.2 Å². The molecule has 0 spiro atoms. The highest BCUT2D eigenvalue weighted by molar-refractivity contribution is 5.99. The summed E-state index contributed by atoms with van der Waals surface area (Å²) in [6.07, 6.45) is 0.364. The lowest BCUT2D eigenvalue weighted by Gasteiger charge is -2.14. The molecule has 2 rings (SSSR count). The number of hydrogen-bond donors (Lipinski definition) is 1. The minimum absolute atomic E-state index is 0.182. The lowest BCUT2D eigenvalue weighted by Crippen LogP contribution is -2.35. The highest BCUT2D eigenvalue weighted by atomic mass is 16.5. The van der Waals surface area contributed by atoms with Crippen LogP contribution in [0.3, 0.4) is 0 Å². The third-order valence-corrected chi connectivity index (χ3v) is 4.30. The summed E-state index contributed by atoms with van der Waals surface area (Å²) in [5.41, 5.74) is 2.36. The summed E-state index contributed by atoms with van der Waals surface area (Å²) < 4.78 is 15.6. The van der Waals surface area contributed by atoms with Gasteiger partial charge < -0.3 is 19.5 Å². The van der Waals surface area contributed by atoms with Crippen molar-refractivity contribution in [2.24, 2.45) is 0 Å². The van der Waals surface area contributed by atoms with E-state index in [0.717, 1.165) is 11.1 Å². The standard InChI is InChI=1S/C23H24N2O5/c1-15-5-7-17(8-6-15)11-19(13-24)23(27)30-16(2)22(26)25-14-18-9-10-20(28-3)21(12-18)29-4/h5-12,16H,14H2,1-4H3,(H,25,26)/b19-11+/t16-/m0/s1. The molecule has 1 atom stereocenters. The Morgan fingerprint density at radius 3 is 2.37 bits per heavy atom. The molecule has 0 heterocycles. The highest BCUT2D eigenvalue weighted by Crippen LogP contribution is 2.27. The third-order valence-electron chi connectivity index (χ3n) is 4.30. The number of nitriles is 1. The first-order chi connectivity index (χ1) is 14.4. The highest BCUT2D eigenvalue weighted by Gasteiger charge is 2.20. The van der Waals surface area contributed by atoms with Crippen molar-refractivity contribution >= 4 is 18.0 Å². The van der Waals surface area contributed by atoms with Crippen molar-refractivity contribution in [3.63, 3.8) is 0 Å². The second kappa shape index (κ2) is 10.7. The second-order valence-electron chi connectivity index (χ2n) is 6.54. The van der Waals surface area contributed by atoms with Gasteiger partial charge in [0.2, 0.25) is 0 Å². The van der Waals surface area contributed by atoms with Crippen LogP contribution in [0.5, 0.6) is 11.5 Å². The number of benzene rings is 2. The third kappa shape index (κ3) is 6.11. The molecule has 0 radical (unpaired) electrons. The molecule has 0 saturated heterocycles. The first kappa shape index (κ1) is 22.5. The molecular weight excluding hydrogens is 384 g/mol. The molecule has 7 nitrogen and oxygen atoms in total. The van der Waals surface area contributed by atoms with Gasteiger partial charge in [0.15, 0.2) is 17.6 Å². The second-order valence-corrected chi connectivity index (χ2v) is 6.54. The summed E-state index contributed by atoms with van der Waals surface area (Å²) in [7, 11) is 3.07. The number of ether oxygens (including phenoxy) is 3.